The molecule has 1 N–H and O–H groups in total. The van der Waals surface area contributed by atoms with Gasteiger partial charge in [-0.3, -0.25) is 0 Å². The smallest absolute Gasteiger partial charge is 0.410 e. The molecule has 21 heavy (non-hydrogen) atoms. The molecule has 0 aliphatic carbocycles. The SMILES string of the molecule is CC(C)(C)OC(=O)N1CC(Nc2ccc(F)c(F)c2F)C1. The number of hydrogen-bond donors (Lipinski definition) is 1. The summed E-state index contributed by atoms with van der Waals surface area (Å²) in [5, 5.41) is 2.73. The van der Waals surface area contributed by atoms with Crippen molar-refractivity contribution in [2.45, 2.75) is 32.4 Å². The molecule has 1 aliphatic heterocycles. The topological polar surface area (TPSA) is 41.6 Å². The third kappa shape index (κ3) is 3.59. The number of amides is 1. The normalized spacial score (nSPS) is 15.6. The number of benzene rings is 1. The first-order valence-electron chi connectivity index (χ1n) is 6.55. The number of carbonyl (C=O) groups excluding carboxylic acids is 1. The molecule has 1 heterocycles. The second-order valence-electron chi connectivity index (χ2n) is 5.95. The van der Waals surface area contributed by atoms with Crippen LogP contribution in [-0.2, 0) is 4.74 Å². The van der Waals surface area contributed by atoms with E-state index >= 15 is 0 Å². The fourth-order valence-electron chi connectivity index (χ4n) is 1.90. The lowest BCUT2D eigenvalue weighted by molar-refractivity contribution is 0.0105. The number of hydrogen-bond acceptors (Lipinski definition) is 3. The zero-order valence-corrected chi connectivity index (χ0v) is 12.0. The lowest BCUT2D eigenvalue weighted by Crippen LogP contribution is -2.58. The Labute approximate surface area is 120 Å². The number of rotatable bonds is 2. The van der Waals surface area contributed by atoms with Crippen molar-refractivity contribution in [1.82, 2.24) is 4.90 Å². The molecule has 1 saturated heterocycles. The number of ether oxygens (including phenoxy) is 1. The number of carbonyl (C=O) groups is 1. The second kappa shape index (κ2) is 5.46. The van der Waals surface area contributed by atoms with Gasteiger partial charge in [0.05, 0.1) is 11.7 Å². The highest BCUT2D eigenvalue weighted by Crippen LogP contribution is 2.23. The van der Waals surface area contributed by atoms with E-state index in [1.54, 1.807) is 20.8 Å². The van der Waals surface area contributed by atoms with Crippen molar-refractivity contribution in [1.29, 1.82) is 0 Å². The van der Waals surface area contributed by atoms with Gasteiger partial charge in [0.2, 0.25) is 0 Å². The van der Waals surface area contributed by atoms with Crippen LogP contribution >= 0.6 is 0 Å². The highest BCUT2D eigenvalue weighted by atomic mass is 19.2. The van der Waals surface area contributed by atoms with E-state index in [2.05, 4.69) is 5.32 Å². The van der Waals surface area contributed by atoms with Gasteiger partial charge in [0, 0.05) is 13.1 Å². The van der Waals surface area contributed by atoms with Crippen LogP contribution in [0.15, 0.2) is 12.1 Å². The molecule has 2 rings (SSSR count). The van der Waals surface area contributed by atoms with Gasteiger partial charge >= 0.3 is 6.09 Å². The van der Waals surface area contributed by atoms with Crippen molar-refractivity contribution in [2.75, 3.05) is 18.4 Å². The number of nitrogens with zero attached hydrogens (tertiary/aromatic N) is 1. The maximum Gasteiger partial charge on any atom is 0.410 e. The standard InChI is InChI=1S/C14H17F3N2O2/c1-14(2,3)21-13(20)19-6-8(7-19)18-10-5-4-9(15)11(16)12(10)17/h4-5,8,18H,6-7H2,1-3H3. The molecule has 1 aromatic carbocycles. The van der Waals surface area contributed by atoms with Crippen molar-refractivity contribution in [2.24, 2.45) is 0 Å². The molecule has 1 aromatic rings. The fraction of sp³-hybridized carbons (Fsp3) is 0.500. The summed E-state index contributed by atoms with van der Waals surface area (Å²) < 4.78 is 44.5. The molecule has 4 nitrogen and oxygen atoms in total. The van der Waals surface area contributed by atoms with Crippen LogP contribution in [0.4, 0.5) is 23.7 Å². The molecular weight excluding hydrogens is 285 g/mol. The largest absolute Gasteiger partial charge is 0.444 e. The van der Waals surface area contributed by atoms with Crippen LogP contribution in [-0.4, -0.2) is 35.7 Å². The summed E-state index contributed by atoms with van der Waals surface area (Å²) in [6.45, 7) is 5.91. The molecule has 0 bridgehead atoms. The predicted octanol–water partition coefficient (Wildman–Crippen LogP) is 3.14. The average molecular weight is 302 g/mol. The molecule has 1 amide bonds. The Hall–Kier alpha value is -1.92. The van der Waals surface area contributed by atoms with Gasteiger partial charge in [-0.1, -0.05) is 0 Å². The van der Waals surface area contributed by atoms with Gasteiger partial charge in [0.1, 0.15) is 5.60 Å². The van der Waals surface area contributed by atoms with E-state index in [-0.39, 0.29) is 11.7 Å². The Kier molecular flexibility index (Phi) is 4.02. The average Bonchev–Trinajstić information content (AvgIpc) is 2.30. The summed E-state index contributed by atoms with van der Waals surface area (Å²) in [7, 11) is 0. The molecule has 7 heteroatoms. The van der Waals surface area contributed by atoms with Crippen LogP contribution in [0.5, 0.6) is 0 Å². The van der Waals surface area contributed by atoms with E-state index in [1.165, 1.54) is 4.90 Å². The van der Waals surface area contributed by atoms with E-state index in [4.69, 9.17) is 4.74 Å². The Morgan fingerprint density at radius 3 is 2.43 bits per heavy atom. The minimum absolute atomic E-state index is 0.122. The minimum atomic E-state index is -1.51. The first kappa shape index (κ1) is 15.5. The molecule has 0 unspecified atom stereocenters. The summed E-state index contributed by atoms with van der Waals surface area (Å²) in [4.78, 5) is 13.1. The van der Waals surface area contributed by atoms with Gasteiger partial charge in [0.15, 0.2) is 17.5 Å². The summed E-state index contributed by atoms with van der Waals surface area (Å²) >= 11 is 0. The van der Waals surface area contributed by atoms with E-state index in [1.807, 2.05) is 0 Å². The lowest BCUT2D eigenvalue weighted by atomic mass is 10.1. The van der Waals surface area contributed by atoms with Crippen molar-refractivity contribution in [3.63, 3.8) is 0 Å². The summed E-state index contributed by atoms with van der Waals surface area (Å²) in [6.07, 6.45) is -0.452. The van der Waals surface area contributed by atoms with Crippen LogP contribution < -0.4 is 5.32 Å². The Morgan fingerprint density at radius 2 is 1.86 bits per heavy atom. The second-order valence-corrected chi connectivity index (χ2v) is 5.95. The number of anilines is 1. The molecule has 0 saturated carbocycles. The number of nitrogens with one attached hydrogen (secondary N) is 1. The van der Waals surface area contributed by atoms with Crippen molar-refractivity contribution >= 4 is 11.8 Å². The van der Waals surface area contributed by atoms with Gasteiger partial charge < -0.3 is 15.0 Å². The maximum absolute atomic E-state index is 13.5. The first-order chi connectivity index (χ1) is 9.67. The predicted molar refractivity (Wildman–Crippen MR) is 71.5 cm³/mol. The highest BCUT2D eigenvalue weighted by Gasteiger charge is 2.34. The van der Waals surface area contributed by atoms with Crippen LogP contribution in [0.2, 0.25) is 0 Å². The monoisotopic (exact) mass is 302 g/mol. The Bertz CT molecular complexity index is 552. The van der Waals surface area contributed by atoms with Crippen LogP contribution in [0.1, 0.15) is 20.8 Å². The summed E-state index contributed by atoms with van der Waals surface area (Å²) in [5.74, 6) is -4.00. The van der Waals surface area contributed by atoms with E-state index in [0.29, 0.717) is 13.1 Å². The van der Waals surface area contributed by atoms with E-state index in [0.717, 1.165) is 12.1 Å². The maximum atomic E-state index is 13.5. The highest BCUT2D eigenvalue weighted by molar-refractivity contribution is 5.69. The van der Waals surface area contributed by atoms with Crippen molar-refractivity contribution < 1.29 is 22.7 Å². The third-order valence-corrected chi connectivity index (χ3v) is 2.93. The zero-order chi connectivity index (χ0) is 15.8. The van der Waals surface area contributed by atoms with Crippen molar-refractivity contribution in [3.05, 3.63) is 29.6 Å². The molecule has 1 aliphatic rings. The minimum Gasteiger partial charge on any atom is -0.444 e. The molecule has 0 aromatic heterocycles. The number of likely N-dealkylation sites (tertiary alicyclic amines) is 1. The quantitative estimate of drug-likeness (QED) is 0.853. The Balaban J connectivity index is 1.89. The van der Waals surface area contributed by atoms with Crippen LogP contribution in [0, 0.1) is 17.5 Å². The third-order valence-electron chi connectivity index (χ3n) is 2.93. The fourth-order valence-corrected chi connectivity index (χ4v) is 1.90. The zero-order valence-electron chi connectivity index (χ0n) is 12.0. The first-order valence-corrected chi connectivity index (χ1v) is 6.55. The number of halogens is 3. The Morgan fingerprint density at radius 1 is 1.24 bits per heavy atom. The van der Waals surface area contributed by atoms with Gasteiger partial charge in [-0.25, -0.2) is 18.0 Å². The lowest BCUT2D eigenvalue weighted by Gasteiger charge is -2.40. The molecule has 0 spiro atoms. The van der Waals surface area contributed by atoms with Crippen LogP contribution in [0.25, 0.3) is 0 Å². The van der Waals surface area contributed by atoms with Gasteiger partial charge in [-0.2, -0.15) is 0 Å². The summed E-state index contributed by atoms with van der Waals surface area (Å²) in [5.41, 5.74) is -0.704. The molecule has 1 fully saturated rings. The van der Waals surface area contributed by atoms with Gasteiger partial charge in [0.25, 0.3) is 0 Å². The molecular formula is C14H17F3N2O2. The molecule has 0 atom stereocenters. The molecule has 116 valence electrons. The summed E-state index contributed by atoms with van der Waals surface area (Å²) in [6, 6.07) is 1.76. The van der Waals surface area contributed by atoms with Gasteiger partial charge in [-0.05, 0) is 32.9 Å². The molecule has 0 radical (unpaired) electrons. The van der Waals surface area contributed by atoms with E-state index < -0.39 is 29.1 Å². The van der Waals surface area contributed by atoms with Crippen LogP contribution in [0.3, 0.4) is 0 Å². The van der Waals surface area contributed by atoms with Gasteiger partial charge in [-0.15, -0.1) is 0 Å². The van der Waals surface area contributed by atoms with E-state index in [9.17, 15) is 18.0 Å². The van der Waals surface area contributed by atoms with Crippen molar-refractivity contribution in [3.8, 4) is 0 Å².